The maximum atomic E-state index is 14.4. The van der Waals surface area contributed by atoms with Gasteiger partial charge in [0.05, 0.1) is 12.6 Å². The van der Waals surface area contributed by atoms with Crippen LogP contribution in [-0.4, -0.2) is 24.8 Å². The lowest BCUT2D eigenvalue weighted by atomic mass is 9.98. The van der Waals surface area contributed by atoms with Gasteiger partial charge in [0.1, 0.15) is 17.9 Å². The van der Waals surface area contributed by atoms with Crippen molar-refractivity contribution in [3.05, 3.63) is 53.8 Å². The molecule has 2 aromatic rings. The van der Waals surface area contributed by atoms with Crippen molar-refractivity contribution >= 4 is 12.2 Å². The average molecular weight is 341 g/mol. The fraction of sp³-hybridized carbons (Fsp3) is 0.300. The summed E-state index contributed by atoms with van der Waals surface area (Å²) in [5, 5.41) is 2.74. The van der Waals surface area contributed by atoms with Crippen molar-refractivity contribution < 1.29 is 18.7 Å². The molecule has 0 aromatic heterocycles. The molecular formula is C20H20FNO3. The summed E-state index contributed by atoms with van der Waals surface area (Å²) in [6.45, 7) is 0.533. The van der Waals surface area contributed by atoms with Crippen LogP contribution in [0.3, 0.4) is 0 Å². The average Bonchev–Trinajstić information content (AvgIpc) is 2.64. The molecule has 0 fully saturated rings. The van der Waals surface area contributed by atoms with Crippen LogP contribution in [-0.2, 0) is 4.79 Å². The second-order valence-electron chi connectivity index (χ2n) is 6.10. The number of hydrogen-bond acceptors (Lipinski definition) is 3. The molecule has 130 valence electrons. The van der Waals surface area contributed by atoms with E-state index in [4.69, 9.17) is 4.74 Å². The number of fused-ring (bicyclic) bond motifs is 4. The highest BCUT2D eigenvalue weighted by Gasteiger charge is 2.19. The zero-order valence-corrected chi connectivity index (χ0v) is 13.8. The van der Waals surface area contributed by atoms with Crippen LogP contribution in [0.5, 0.6) is 5.75 Å². The molecule has 1 aliphatic heterocycles. The Labute approximate surface area is 146 Å². The van der Waals surface area contributed by atoms with Gasteiger partial charge < -0.3 is 14.8 Å². The van der Waals surface area contributed by atoms with Crippen molar-refractivity contribution in [3.63, 3.8) is 0 Å². The second kappa shape index (κ2) is 7.92. The Bertz CT molecular complexity index is 775. The number of rotatable bonds is 1. The number of hydrogen-bond donors (Lipinski definition) is 1. The maximum absolute atomic E-state index is 14.4. The number of halogens is 1. The SMILES string of the molecule is O=C[C@@H]1CCCCCOc2ccc(F)c(c2)-c2ccccc2C(=O)N1. The summed E-state index contributed by atoms with van der Waals surface area (Å²) in [7, 11) is 0. The minimum Gasteiger partial charge on any atom is -0.494 e. The van der Waals surface area contributed by atoms with E-state index in [0.717, 1.165) is 25.5 Å². The number of carbonyl (C=O) groups is 2. The van der Waals surface area contributed by atoms with Crippen molar-refractivity contribution in [1.29, 1.82) is 0 Å². The van der Waals surface area contributed by atoms with E-state index in [-0.39, 0.29) is 5.91 Å². The van der Waals surface area contributed by atoms with Crippen LogP contribution in [0.25, 0.3) is 11.1 Å². The van der Waals surface area contributed by atoms with E-state index >= 15 is 0 Å². The van der Waals surface area contributed by atoms with Crippen LogP contribution in [0.1, 0.15) is 36.0 Å². The van der Waals surface area contributed by atoms with Gasteiger partial charge in [-0.15, -0.1) is 0 Å². The van der Waals surface area contributed by atoms with Gasteiger partial charge in [0.2, 0.25) is 0 Å². The topological polar surface area (TPSA) is 55.4 Å². The fourth-order valence-electron chi connectivity index (χ4n) is 2.97. The Morgan fingerprint density at radius 1 is 1.04 bits per heavy atom. The van der Waals surface area contributed by atoms with E-state index in [1.54, 1.807) is 36.4 Å². The van der Waals surface area contributed by atoms with Crippen molar-refractivity contribution in [2.45, 2.75) is 31.7 Å². The normalized spacial score (nSPS) is 18.3. The molecule has 0 saturated carbocycles. The Morgan fingerprint density at radius 3 is 2.64 bits per heavy atom. The van der Waals surface area contributed by atoms with Crippen LogP contribution >= 0.6 is 0 Å². The summed E-state index contributed by atoms with van der Waals surface area (Å²) in [6.07, 6.45) is 3.89. The van der Waals surface area contributed by atoms with Gasteiger partial charge in [0.25, 0.3) is 5.91 Å². The molecule has 0 spiro atoms. The first-order chi connectivity index (χ1) is 12.2. The first-order valence-corrected chi connectivity index (χ1v) is 8.47. The number of amides is 1. The molecule has 25 heavy (non-hydrogen) atoms. The number of carbonyl (C=O) groups excluding carboxylic acids is 2. The minimum atomic E-state index is -0.541. The summed E-state index contributed by atoms with van der Waals surface area (Å²) in [6, 6.07) is 10.8. The van der Waals surface area contributed by atoms with E-state index in [9.17, 15) is 14.0 Å². The summed E-state index contributed by atoms with van der Waals surface area (Å²) < 4.78 is 20.1. The number of aldehydes is 1. The molecule has 1 heterocycles. The standard InChI is InChI=1S/C20H20FNO3/c21-19-10-9-15-12-18(19)16-7-3-4-8-17(16)20(24)22-14(13-23)6-2-1-5-11-25-15/h3-4,7-10,12-14H,1-2,5-6,11H2,(H,22,24)/t14-/m0/s1. The molecular weight excluding hydrogens is 321 g/mol. The van der Waals surface area contributed by atoms with Gasteiger partial charge in [0.15, 0.2) is 0 Å². The molecule has 0 unspecified atom stereocenters. The van der Waals surface area contributed by atoms with E-state index in [1.807, 2.05) is 0 Å². The second-order valence-corrected chi connectivity index (χ2v) is 6.10. The molecule has 3 rings (SSSR count). The fourth-order valence-corrected chi connectivity index (χ4v) is 2.97. The first kappa shape index (κ1) is 17.1. The maximum Gasteiger partial charge on any atom is 0.252 e. The molecule has 1 N–H and O–H groups in total. The number of nitrogens with one attached hydrogen (secondary N) is 1. The van der Waals surface area contributed by atoms with E-state index in [1.165, 1.54) is 6.07 Å². The lowest BCUT2D eigenvalue weighted by Crippen LogP contribution is -2.36. The van der Waals surface area contributed by atoms with Gasteiger partial charge in [-0.2, -0.15) is 0 Å². The van der Waals surface area contributed by atoms with E-state index in [2.05, 4.69) is 5.32 Å². The molecule has 4 nitrogen and oxygen atoms in total. The van der Waals surface area contributed by atoms with Crippen molar-refractivity contribution in [2.24, 2.45) is 0 Å². The minimum absolute atomic E-state index is 0.308. The van der Waals surface area contributed by atoms with E-state index in [0.29, 0.717) is 35.5 Å². The third kappa shape index (κ3) is 4.05. The molecule has 0 radical (unpaired) electrons. The molecule has 0 aliphatic carbocycles. The van der Waals surface area contributed by atoms with Crippen molar-refractivity contribution in [2.75, 3.05) is 6.61 Å². The van der Waals surface area contributed by atoms with Crippen LogP contribution in [0.2, 0.25) is 0 Å². The smallest absolute Gasteiger partial charge is 0.252 e. The lowest BCUT2D eigenvalue weighted by molar-refractivity contribution is -0.109. The Morgan fingerprint density at radius 2 is 1.84 bits per heavy atom. The van der Waals surface area contributed by atoms with Crippen LogP contribution in [0.4, 0.5) is 4.39 Å². The largest absolute Gasteiger partial charge is 0.494 e. The molecule has 1 aliphatic rings. The first-order valence-electron chi connectivity index (χ1n) is 8.47. The molecule has 2 bridgehead atoms. The Kier molecular flexibility index (Phi) is 5.43. The van der Waals surface area contributed by atoms with Crippen LogP contribution in [0, 0.1) is 5.82 Å². The molecule has 2 aromatic carbocycles. The highest BCUT2D eigenvalue weighted by Crippen LogP contribution is 2.30. The predicted molar refractivity (Wildman–Crippen MR) is 93.1 cm³/mol. The summed E-state index contributed by atoms with van der Waals surface area (Å²) in [5.41, 5.74) is 1.12. The van der Waals surface area contributed by atoms with Crippen molar-refractivity contribution in [1.82, 2.24) is 5.32 Å². The molecule has 1 amide bonds. The Hall–Kier alpha value is -2.69. The quantitative estimate of drug-likeness (QED) is 0.804. The van der Waals surface area contributed by atoms with Crippen LogP contribution < -0.4 is 10.1 Å². The van der Waals surface area contributed by atoms with Gasteiger partial charge in [-0.3, -0.25) is 4.79 Å². The highest BCUT2D eigenvalue weighted by atomic mass is 19.1. The summed E-state index contributed by atoms with van der Waals surface area (Å²) in [5.74, 6) is -0.225. The van der Waals surface area contributed by atoms with Gasteiger partial charge in [-0.1, -0.05) is 24.6 Å². The summed E-state index contributed by atoms with van der Waals surface area (Å²) in [4.78, 5) is 23.9. The lowest BCUT2D eigenvalue weighted by Gasteiger charge is -2.17. The third-order valence-electron chi connectivity index (χ3n) is 4.31. The highest BCUT2D eigenvalue weighted by molar-refractivity contribution is 6.02. The number of ether oxygens (including phenoxy) is 1. The third-order valence-corrected chi connectivity index (χ3v) is 4.31. The zero-order chi connectivity index (χ0) is 17.6. The van der Waals surface area contributed by atoms with Gasteiger partial charge in [-0.05, 0) is 49.1 Å². The van der Waals surface area contributed by atoms with Crippen molar-refractivity contribution in [3.8, 4) is 16.9 Å². The van der Waals surface area contributed by atoms with Gasteiger partial charge in [-0.25, -0.2) is 4.39 Å². The number of benzene rings is 2. The molecule has 0 saturated heterocycles. The predicted octanol–water partition coefficient (Wildman–Crippen LogP) is 3.74. The van der Waals surface area contributed by atoms with Gasteiger partial charge >= 0.3 is 0 Å². The molecule has 1 atom stereocenters. The Balaban J connectivity index is 2.05. The van der Waals surface area contributed by atoms with Gasteiger partial charge in [0, 0.05) is 11.1 Å². The monoisotopic (exact) mass is 341 g/mol. The van der Waals surface area contributed by atoms with E-state index < -0.39 is 11.9 Å². The summed E-state index contributed by atoms with van der Waals surface area (Å²) >= 11 is 0. The zero-order valence-electron chi connectivity index (χ0n) is 13.8. The molecule has 5 heteroatoms. The van der Waals surface area contributed by atoms with Crippen LogP contribution in [0.15, 0.2) is 42.5 Å².